The highest BCUT2D eigenvalue weighted by molar-refractivity contribution is 7.85. The highest BCUT2D eigenvalue weighted by Gasteiger charge is 2.13. The molecule has 0 saturated heterocycles. The number of rotatable bonds is 4. The maximum absolute atomic E-state index is 11.1. The van der Waals surface area contributed by atoms with E-state index in [4.69, 9.17) is 10.3 Å². The quantitative estimate of drug-likeness (QED) is 0.626. The van der Waals surface area contributed by atoms with Crippen LogP contribution in [0.5, 0.6) is 5.75 Å². The van der Waals surface area contributed by atoms with E-state index in [2.05, 4.69) is 5.32 Å². The summed E-state index contributed by atoms with van der Waals surface area (Å²) < 4.78 is 31.2. The first-order chi connectivity index (χ1) is 8.91. The van der Waals surface area contributed by atoms with Crippen LogP contribution in [0.3, 0.4) is 0 Å². The Bertz CT molecular complexity index is 713. The number of hydrogen-bond donors (Lipinski definition) is 4. The summed E-state index contributed by atoms with van der Waals surface area (Å²) in [5.41, 5.74) is 6.13. The predicted molar refractivity (Wildman–Crippen MR) is 73.0 cm³/mol. The molecule has 0 fully saturated rings. The summed E-state index contributed by atoms with van der Waals surface area (Å²) in [6.07, 6.45) is 0. The number of phenolic OH excluding ortho intramolecular Hbond substituents is 1. The average Bonchev–Trinajstić information content (AvgIpc) is 2.34. The second-order valence-electron chi connectivity index (χ2n) is 4.07. The second-order valence-corrected chi connectivity index (χ2v) is 5.49. The number of aromatic hydroxyl groups is 1. The van der Waals surface area contributed by atoms with E-state index in [1.807, 2.05) is 0 Å². The number of nitrogens with one attached hydrogen (secondary N) is 1. The third kappa shape index (κ3) is 2.95. The van der Waals surface area contributed by atoms with Crippen molar-refractivity contribution >= 4 is 26.6 Å². The van der Waals surface area contributed by atoms with Crippen molar-refractivity contribution in [2.45, 2.75) is 4.90 Å². The van der Waals surface area contributed by atoms with E-state index >= 15 is 0 Å². The molecule has 0 spiro atoms. The third-order valence-electron chi connectivity index (χ3n) is 2.68. The zero-order chi connectivity index (χ0) is 14.0. The molecule has 0 radical (unpaired) electrons. The SMILES string of the molecule is NCCNc1ccc2c(O)cc(S(=O)(=O)O)cc2c1. The van der Waals surface area contributed by atoms with Gasteiger partial charge in [-0.3, -0.25) is 4.55 Å². The Hall–Kier alpha value is -1.83. The van der Waals surface area contributed by atoms with Gasteiger partial charge in [0.1, 0.15) is 5.75 Å². The van der Waals surface area contributed by atoms with Crippen molar-refractivity contribution in [2.24, 2.45) is 5.73 Å². The number of phenols is 1. The average molecular weight is 282 g/mol. The standard InChI is InChI=1S/C12H14N2O4S/c13-3-4-14-9-1-2-11-8(5-9)6-10(7-12(11)15)19(16,17)18/h1-2,5-7,14-15H,3-4,13H2,(H,16,17,18). The minimum absolute atomic E-state index is 0.199. The molecule has 5 N–H and O–H groups in total. The van der Waals surface area contributed by atoms with Crippen molar-refractivity contribution in [1.29, 1.82) is 0 Å². The van der Waals surface area contributed by atoms with Gasteiger partial charge in [-0.2, -0.15) is 8.42 Å². The molecule has 0 heterocycles. The van der Waals surface area contributed by atoms with Gasteiger partial charge < -0.3 is 16.2 Å². The number of fused-ring (bicyclic) bond motifs is 1. The molecule has 2 aromatic rings. The molecular weight excluding hydrogens is 268 g/mol. The van der Waals surface area contributed by atoms with Crippen molar-refractivity contribution in [1.82, 2.24) is 0 Å². The lowest BCUT2D eigenvalue weighted by Gasteiger charge is -2.08. The summed E-state index contributed by atoms with van der Waals surface area (Å²) in [5.74, 6) is -0.199. The van der Waals surface area contributed by atoms with E-state index in [0.29, 0.717) is 23.9 Å². The summed E-state index contributed by atoms with van der Waals surface area (Å²) in [7, 11) is -4.35. The molecule has 0 aliphatic carbocycles. The first-order valence-electron chi connectivity index (χ1n) is 5.60. The summed E-state index contributed by atoms with van der Waals surface area (Å²) >= 11 is 0. The summed E-state index contributed by atoms with van der Waals surface area (Å²) in [4.78, 5) is -0.339. The van der Waals surface area contributed by atoms with Gasteiger partial charge in [0, 0.05) is 30.2 Å². The maximum Gasteiger partial charge on any atom is 0.294 e. The summed E-state index contributed by atoms with van der Waals surface area (Å²) in [6, 6.07) is 7.42. The predicted octanol–water partition coefficient (Wildman–Crippen LogP) is 1.16. The van der Waals surface area contributed by atoms with Crippen LogP contribution in [-0.4, -0.2) is 31.2 Å². The third-order valence-corrected chi connectivity index (χ3v) is 3.51. The highest BCUT2D eigenvalue weighted by Crippen LogP contribution is 2.30. The molecule has 0 bridgehead atoms. The minimum atomic E-state index is -4.35. The Kier molecular flexibility index (Phi) is 3.61. The van der Waals surface area contributed by atoms with Gasteiger partial charge in [0.2, 0.25) is 0 Å². The fourth-order valence-corrected chi connectivity index (χ4v) is 2.33. The molecule has 0 atom stereocenters. The molecule has 7 heteroatoms. The first kappa shape index (κ1) is 13.6. The molecule has 0 amide bonds. The molecular formula is C12H14N2O4S. The van der Waals surface area contributed by atoms with Crippen molar-refractivity contribution in [2.75, 3.05) is 18.4 Å². The Morgan fingerprint density at radius 2 is 1.95 bits per heavy atom. The molecule has 19 heavy (non-hydrogen) atoms. The van der Waals surface area contributed by atoms with Crippen molar-refractivity contribution in [3.8, 4) is 5.75 Å². The lowest BCUT2D eigenvalue weighted by Crippen LogP contribution is -2.12. The van der Waals surface area contributed by atoms with Crippen LogP contribution in [0, 0.1) is 0 Å². The lowest BCUT2D eigenvalue weighted by atomic mass is 10.1. The fourth-order valence-electron chi connectivity index (χ4n) is 1.80. The van der Waals surface area contributed by atoms with Crippen LogP contribution in [0.25, 0.3) is 10.8 Å². The van der Waals surface area contributed by atoms with Crippen molar-refractivity contribution in [3.05, 3.63) is 30.3 Å². The number of benzene rings is 2. The molecule has 2 rings (SSSR count). The molecule has 0 aromatic heterocycles. The van der Waals surface area contributed by atoms with Gasteiger partial charge in [0.05, 0.1) is 4.90 Å². The van der Waals surface area contributed by atoms with Crippen LogP contribution in [0.15, 0.2) is 35.2 Å². The van der Waals surface area contributed by atoms with Crippen molar-refractivity contribution in [3.63, 3.8) is 0 Å². The van der Waals surface area contributed by atoms with Crippen LogP contribution in [0.4, 0.5) is 5.69 Å². The number of anilines is 1. The van der Waals surface area contributed by atoms with Crippen LogP contribution in [0.2, 0.25) is 0 Å². The van der Waals surface area contributed by atoms with E-state index in [1.165, 1.54) is 6.07 Å². The zero-order valence-corrected chi connectivity index (χ0v) is 10.8. The van der Waals surface area contributed by atoms with Crippen LogP contribution >= 0.6 is 0 Å². The topological polar surface area (TPSA) is 113 Å². The van der Waals surface area contributed by atoms with Crippen LogP contribution in [-0.2, 0) is 10.1 Å². The first-order valence-corrected chi connectivity index (χ1v) is 7.04. The van der Waals surface area contributed by atoms with E-state index < -0.39 is 10.1 Å². The minimum Gasteiger partial charge on any atom is -0.507 e. The van der Waals surface area contributed by atoms with Gasteiger partial charge in [-0.1, -0.05) is 0 Å². The van der Waals surface area contributed by atoms with Gasteiger partial charge in [0.25, 0.3) is 10.1 Å². The summed E-state index contributed by atoms with van der Waals surface area (Å²) in [5, 5.41) is 13.8. The van der Waals surface area contributed by atoms with Crippen LogP contribution in [0.1, 0.15) is 0 Å². The Morgan fingerprint density at radius 1 is 1.21 bits per heavy atom. The van der Waals surface area contributed by atoms with E-state index in [1.54, 1.807) is 18.2 Å². The van der Waals surface area contributed by atoms with Crippen LogP contribution < -0.4 is 11.1 Å². The Labute approximate surface area is 110 Å². The maximum atomic E-state index is 11.1. The van der Waals surface area contributed by atoms with Gasteiger partial charge >= 0.3 is 0 Å². The molecule has 0 saturated carbocycles. The number of hydrogen-bond acceptors (Lipinski definition) is 5. The monoisotopic (exact) mass is 282 g/mol. The second kappa shape index (κ2) is 5.04. The Balaban J connectivity index is 2.57. The van der Waals surface area contributed by atoms with E-state index in [-0.39, 0.29) is 10.6 Å². The largest absolute Gasteiger partial charge is 0.507 e. The van der Waals surface area contributed by atoms with Gasteiger partial charge in [-0.05, 0) is 29.7 Å². The molecule has 0 unspecified atom stereocenters. The smallest absolute Gasteiger partial charge is 0.294 e. The van der Waals surface area contributed by atoms with Gasteiger partial charge in [-0.25, -0.2) is 0 Å². The molecule has 6 nitrogen and oxygen atoms in total. The van der Waals surface area contributed by atoms with E-state index in [0.717, 1.165) is 11.8 Å². The van der Waals surface area contributed by atoms with E-state index in [9.17, 15) is 13.5 Å². The molecule has 2 aromatic carbocycles. The van der Waals surface area contributed by atoms with Gasteiger partial charge in [0.15, 0.2) is 0 Å². The normalized spacial score (nSPS) is 11.7. The number of nitrogens with two attached hydrogens (primary N) is 1. The lowest BCUT2D eigenvalue weighted by molar-refractivity contribution is 0.471. The molecule has 102 valence electrons. The van der Waals surface area contributed by atoms with Gasteiger partial charge in [-0.15, -0.1) is 0 Å². The molecule has 0 aliphatic rings. The Morgan fingerprint density at radius 3 is 2.58 bits per heavy atom. The van der Waals surface area contributed by atoms with Crippen molar-refractivity contribution < 1.29 is 18.1 Å². The highest BCUT2D eigenvalue weighted by atomic mass is 32.2. The zero-order valence-electron chi connectivity index (χ0n) is 10.00. The fraction of sp³-hybridized carbons (Fsp3) is 0.167. The molecule has 0 aliphatic heterocycles. The summed E-state index contributed by atoms with van der Waals surface area (Å²) in [6.45, 7) is 1.05.